The number of aromatic nitrogens is 2. The summed E-state index contributed by atoms with van der Waals surface area (Å²) in [4.78, 5) is 12.5. The van der Waals surface area contributed by atoms with Crippen molar-refractivity contribution in [1.82, 2.24) is 14.9 Å². The van der Waals surface area contributed by atoms with Gasteiger partial charge in [0.15, 0.2) is 0 Å². The summed E-state index contributed by atoms with van der Waals surface area (Å²) >= 11 is 1.73. The van der Waals surface area contributed by atoms with Gasteiger partial charge in [0, 0.05) is 47.8 Å². The fourth-order valence-electron chi connectivity index (χ4n) is 5.03. The van der Waals surface area contributed by atoms with Gasteiger partial charge in [-0.25, -0.2) is 9.97 Å². The maximum Gasteiger partial charge on any atom is 0.131 e. The summed E-state index contributed by atoms with van der Waals surface area (Å²) in [7, 11) is 0. The predicted molar refractivity (Wildman–Crippen MR) is 145 cm³/mol. The number of ether oxygens (including phenoxy) is 1. The molecule has 0 aliphatic carbocycles. The van der Waals surface area contributed by atoms with Gasteiger partial charge in [0.2, 0.25) is 0 Å². The molecule has 3 heterocycles. The number of fused-ring (bicyclic) bond motifs is 1. The van der Waals surface area contributed by atoms with Crippen LogP contribution in [0.3, 0.4) is 0 Å². The Labute approximate surface area is 209 Å². The van der Waals surface area contributed by atoms with Gasteiger partial charge in [0.05, 0.1) is 21.9 Å². The maximum absolute atomic E-state index is 6.81. The number of likely N-dealkylation sites (tertiary alicyclic amines) is 1. The molecule has 0 saturated carbocycles. The van der Waals surface area contributed by atoms with Gasteiger partial charge < -0.3 is 4.74 Å². The van der Waals surface area contributed by atoms with Crippen LogP contribution in [0.25, 0.3) is 22.3 Å². The molecule has 4 rings (SSSR count). The lowest BCUT2D eigenvalue weighted by molar-refractivity contribution is 0.0559. The van der Waals surface area contributed by atoms with Crippen molar-refractivity contribution in [2.24, 2.45) is 11.3 Å². The Morgan fingerprint density at radius 1 is 1.06 bits per heavy atom. The minimum atomic E-state index is 0.103. The first-order chi connectivity index (χ1) is 15.8. The number of hydrogen-bond donors (Lipinski definition) is 0. The molecule has 1 aliphatic heterocycles. The highest BCUT2D eigenvalue weighted by Crippen LogP contribution is 2.40. The molecule has 2 atom stereocenters. The summed E-state index contributed by atoms with van der Waals surface area (Å²) < 4.78 is 6.81. The van der Waals surface area contributed by atoms with Crippen LogP contribution < -0.4 is 4.74 Å². The zero-order valence-electron chi connectivity index (χ0n) is 22.4. The molecule has 5 heteroatoms. The lowest BCUT2D eigenvalue weighted by Crippen LogP contribution is -2.49. The SMILES string of the molecule is Cc1ccc2c(OC3CC(C(C)(C)C)N(C(C)(C)C)C3)cc(-c3csc(CC(C)C)n3)nc2c1. The van der Waals surface area contributed by atoms with Crippen molar-refractivity contribution in [2.75, 3.05) is 6.54 Å². The van der Waals surface area contributed by atoms with Crippen LogP contribution in [0.4, 0.5) is 0 Å². The van der Waals surface area contributed by atoms with E-state index in [2.05, 4.69) is 96.9 Å². The highest BCUT2D eigenvalue weighted by molar-refractivity contribution is 7.09. The number of benzene rings is 1. The molecule has 1 aromatic carbocycles. The number of pyridine rings is 1. The Hall–Kier alpha value is -1.98. The van der Waals surface area contributed by atoms with Crippen LogP contribution in [-0.4, -0.2) is 39.1 Å². The molecule has 34 heavy (non-hydrogen) atoms. The molecule has 3 aromatic rings. The van der Waals surface area contributed by atoms with E-state index < -0.39 is 0 Å². The lowest BCUT2D eigenvalue weighted by Gasteiger charge is -2.42. The summed E-state index contributed by atoms with van der Waals surface area (Å²) in [5.74, 6) is 1.51. The molecule has 0 N–H and O–H groups in total. The third-order valence-corrected chi connectivity index (χ3v) is 7.61. The van der Waals surface area contributed by atoms with E-state index in [1.165, 1.54) is 10.6 Å². The summed E-state index contributed by atoms with van der Waals surface area (Å²) in [5, 5.41) is 4.38. The van der Waals surface area contributed by atoms with Gasteiger partial charge in [-0.05, 0) is 56.7 Å². The topological polar surface area (TPSA) is 38.2 Å². The molecule has 184 valence electrons. The van der Waals surface area contributed by atoms with Gasteiger partial charge >= 0.3 is 0 Å². The molecule has 2 aromatic heterocycles. The average molecular weight is 480 g/mol. The fraction of sp³-hybridized carbons (Fsp3) is 0.586. The van der Waals surface area contributed by atoms with Crippen LogP contribution in [0.15, 0.2) is 29.6 Å². The quantitative estimate of drug-likeness (QED) is 0.379. The molecule has 0 spiro atoms. The van der Waals surface area contributed by atoms with E-state index in [0.717, 1.165) is 47.4 Å². The Balaban J connectivity index is 1.70. The van der Waals surface area contributed by atoms with E-state index >= 15 is 0 Å². The van der Waals surface area contributed by atoms with Gasteiger partial charge in [-0.1, -0.05) is 40.7 Å². The number of rotatable bonds is 5. The van der Waals surface area contributed by atoms with Gasteiger partial charge in [-0.2, -0.15) is 0 Å². The monoisotopic (exact) mass is 479 g/mol. The molecule has 4 nitrogen and oxygen atoms in total. The van der Waals surface area contributed by atoms with E-state index in [1.54, 1.807) is 11.3 Å². The first-order valence-corrected chi connectivity index (χ1v) is 13.5. The summed E-state index contributed by atoms with van der Waals surface area (Å²) in [5.41, 5.74) is 4.33. The van der Waals surface area contributed by atoms with E-state index in [1.807, 2.05) is 0 Å². The largest absolute Gasteiger partial charge is 0.488 e. The third kappa shape index (κ3) is 5.46. The second-order valence-corrected chi connectivity index (χ2v) is 13.4. The zero-order chi connectivity index (χ0) is 24.8. The minimum Gasteiger partial charge on any atom is -0.488 e. The molecule has 0 bridgehead atoms. The van der Waals surface area contributed by atoms with Crippen LogP contribution in [0.2, 0.25) is 0 Å². The van der Waals surface area contributed by atoms with Crippen molar-refractivity contribution in [3.05, 3.63) is 40.2 Å². The highest BCUT2D eigenvalue weighted by atomic mass is 32.1. The van der Waals surface area contributed by atoms with Crippen LogP contribution in [0.1, 0.15) is 72.4 Å². The normalized spacial score (nSPS) is 19.9. The molecule has 1 aliphatic rings. The number of thiazole rings is 1. The first kappa shape index (κ1) is 25.1. The van der Waals surface area contributed by atoms with E-state index in [-0.39, 0.29) is 17.1 Å². The molecular formula is C29H41N3OS. The fourth-order valence-corrected chi connectivity index (χ4v) is 6.03. The maximum atomic E-state index is 6.81. The standard InChI is InChI=1S/C29H41N3OS/c1-18(2)12-27-31-24(17-34-27)23-15-25(21-11-10-19(3)13-22(21)30-23)33-20-14-26(28(4,5)6)32(16-20)29(7,8)9/h10-11,13,15,17-18,20,26H,12,14,16H2,1-9H3. The van der Waals surface area contributed by atoms with Crippen LogP contribution >= 0.6 is 11.3 Å². The van der Waals surface area contributed by atoms with Crippen LogP contribution in [0.5, 0.6) is 5.75 Å². The predicted octanol–water partition coefficient (Wildman–Crippen LogP) is 7.53. The average Bonchev–Trinajstić information content (AvgIpc) is 3.34. The molecular weight excluding hydrogens is 438 g/mol. The van der Waals surface area contributed by atoms with Crippen LogP contribution in [-0.2, 0) is 6.42 Å². The number of aryl methyl sites for hydroxylation is 1. The van der Waals surface area contributed by atoms with Crippen molar-refractivity contribution in [3.63, 3.8) is 0 Å². The highest BCUT2D eigenvalue weighted by Gasteiger charge is 2.44. The number of hydrogen-bond acceptors (Lipinski definition) is 5. The van der Waals surface area contributed by atoms with Crippen molar-refractivity contribution in [3.8, 4) is 17.1 Å². The first-order valence-electron chi connectivity index (χ1n) is 12.6. The second-order valence-electron chi connectivity index (χ2n) is 12.4. The van der Waals surface area contributed by atoms with E-state index in [4.69, 9.17) is 14.7 Å². The van der Waals surface area contributed by atoms with Gasteiger partial charge in [0.1, 0.15) is 11.9 Å². The minimum absolute atomic E-state index is 0.103. The second kappa shape index (κ2) is 9.23. The van der Waals surface area contributed by atoms with Crippen molar-refractivity contribution in [1.29, 1.82) is 0 Å². The van der Waals surface area contributed by atoms with Gasteiger partial charge in [-0.3, -0.25) is 4.90 Å². The van der Waals surface area contributed by atoms with Gasteiger partial charge in [-0.15, -0.1) is 11.3 Å². The molecule has 1 saturated heterocycles. The molecule has 0 radical (unpaired) electrons. The number of nitrogens with zero attached hydrogens (tertiary/aromatic N) is 3. The molecule has 2 unspecified atom stereocenters. The van der Waals surface area contributed by atoms with Crippen LogP contribution in [0, 0.1) is 18.3 Å². The molecule has 0 amide bonds. The van der Waals surface area contributed by atoms with Gasteiger partial charge in [0.25, 0.3) is 0 Å². The third-order valence-electron chi connectivity index (χ3n) is 6.74. The summed E-state index contributed by atoms with van der Waals surface area (Å²) in [6, 6.07) is 9.04. The Morgan fingerprint density at radius 3 is 2.41 bits per heavy atom. The summed E-state index contributed by atoms with van der Waals surface area (Å²) in [6.45, 7) is 21.5. The Morgan fingerprint density at radius 2 is 1.79 bits per heavy atom. The van der Waals surface area contributed by atoms with E-state index in [9.17, 15) is 0 Å². The zero-order valence-corrected chi connectivity index (χ0v) is 23.2. The van der Waals surface area contributed by atoms with Crippen molar-refractivity contribution < 1.29 is 4.74 Å². The molecule has 1 fully saturated rings. The Kier molecular flexibility index (Phi) is 6.82. The Bertz CT molecular complexity index is 1130. The van der Waals surface area contributed by atoms with Crippen molar-refractivity contribution >= 4 is 22.2 Å². The van der Waals surface area contributed by atoms with Crippen molar-refractivity contribution in [2.45, 2.75) is 92.8 Å². The van der Waals surface area contributed by atoms with E-state index in [0.29, 0.717) is 12.0 Å². The summed E-state index contributed by atoms with van der Waals surface area (Å²) in [6.07, 6.45) is 2.18. The lowest BCUT2D eigenvalue weighted by atomic mass is 9.83. The smallest absolute Gasteiger partial charge is 0.131 e.